The SMILES string of the molecule is COc1ccc(Cl)cc1-c1noc(C(=O)NCCNC(=O)COc2ccc(Cl)c(Cl)c2)n1. The van der Waals surface area contributed by atoms with Gasteiger partial charge in [0, 0.05) is 24.2 Å². The van der Waals surface area contributed by atoms with Crippen LogP contribution < -0.4 is 20.1 Å². The molecule has 0 aliphatic rings. The number of carbonyl (C=O) groups excluding carboxylic acids is 2. The van der Waals surface area contributed by atoms with Gasteiger partial charge in [-0.2, -0.15) is 4.98 Å². The van der Waals surface area contributed by atoms with Crippen molar-refractivity contribution in [2.24, 2.45) is 0 Å². The Balaban J connectivity index is 1.44. The molecule has 9 nitrogen and oxygen atoms in total. The molecule has 0 spiro atoms. The van der Waals surface area contributed by atoms with Crippen molar-refractivity contribution in [3.8, 4) is 22.9 Å². The summed E-state index contributed by atoms with van der Waals surface area (Å²) in [6, 6.07) is 9.58. The third-order valence-corrected chi connectivity index (χ3v) is 4.99. The standard InChI is InChI=1S/C20H17Cl3N4O5/c1-30-16-5-2-11(21)8-13(16)18-26-20(32-27-18)19(29)25-7-6-24-17(28)10-31-12-3-4-14(22)15(23)9-12/h2-5,8-9H,6-7,10H2,1H3,(H,24,28)(H,25,29). The second-order valence-corrected chi connectivity index (χ2v) is 7.49. The highest BCUT2D eigenvalue weighted by Crippen LogP contribution is 2.30. The summed E-state index contributed by atoms with van der Waals surface area (Å²) in [5.41, 5.74) is 0.483. The molecule has 0 saturated heterocycles. The smallest absolute Gasteiger partial charge is 0.316 e. The monoisotopic (exact) mass is 498 g/mol. The summed E-state index contributed by atoms with van der Waals surface area (Å²) in [4.78, 5) is 28.1. The molecule has 12 heteroatoms. The Morgan fingerprint density at radius 2 is 1.81 bits per heavy atom. The number of hydrogen-bond acceptors (Lipinski definition) is 7. The zero-order chi connectivity index (χ0) is 23.1. The molecule has 1 heterocycles. The van der Waals surface area contributed by atoms with Gasteiger partial charge in [-0.1, -0.05) is 40.0 Å². The predicted molar refractivity (Wildman–Crippen MR) is 119 cm³/mol. The van der Waals surface area contributed by atoms with E-state index in [0.717, 1.165) is 0 Å². The lowest BCUT2D eigenvalue weighted by atomic mass is 10.2. The first-order valence-electron chi connectivity index (χ1n) is 9.17. The molecular formula is C20H17Cl3N4O5. The van der Waals surface area contributed by atoms with Gasteiger partial charge in [-0.05, 0) is 30.3 Å². The first kappa shape index (κ1) is 23.6. The van der Waals surface area contributed by atoms with Crippen LogP contribution in [0.4, 0.5) is 0 Å². The molecule has 2 amide bonds. The van der Waals surface area contributed by atoms with Crippen molar-refractivity contribution in [2.75, 3.05) is 26.8 Å². The zero-order valence-corrected chi connectivity index (χ0v) is 18.9. The molecule has 0 atom stereocenters. The Morgan fingerprint density at radius 3 is 2.56 bits per heavy atom. The number of hydrogen-bond donors (Lipinski definition) is 2. The molecule has 2 aromatic carbocycles. The van der Waals surface area contributed by atoms with Gasteiger partial charge >= 0.3 is 11.8 Å². The lowest BCUT2D eigenvalue weighted by Gasteiger charge is -2.08. The highest BCUT2D eigenvalue weighted by atomic mass is 35.5. The Hall–Kier alpha value is -3.01. The van der Waals surface area contributed by atoms with Crippen LogP contribution in [0.3, 0.4) is 0 Å². The molecule has 0 aliphatic heterocycles. The summed E-state index contributed by atoms with van der Waals surface area (Å²) >= 11 is 17.7. The lowest BCUT2D eigenvalue weighted by Crippen LogP contribution is -2.36. The van der Waals surface area contributed by atoms with E-state index in [9.17, 15) is 9.59 Å². The molecule has 2 N–H and O–H groups in total. The van der Waals surface area contributed by atoms with Crippen LogP contribution in [0, 0.1) is 0 Å². The number of carbonyl (C=O) groups is 2. The van der Waals surface area contributed by atoms with E-state index >= 15 is 0 Å². The minimum absolute atomic E-state index is 0.134. The maximum absolute atomic E-state index is 12.2. The van der Waals surface area contributed by atoms with Gasteiger partial charge in [0.2, 0.25) is 5.82 Å². The molecule has 1 aromatic heterocycles. The van der Waals surface area contributed by atoms with E-state index in [1.54, 1.807) is 30.3 Å². The molecule has 0 radical (unpaired) electrons. The largest absolute Gasteiger partial charge is 0.496 e. The van der Waals surface area contributed by atoms with Crippen LogP contribution in [0.2, 0.25) is 15.1 Å². The second kappa shape index (κ2) is 11.0. The molecule has 0 unspecified atom stereocenters. The normalized spacial score (nSPS) is 10.5. The molecule has 168 valence electrons. The maximum Gasteiger partial charge on any atom is 0.316 e. The van der Waals surface area contributed by atoms with E-state index < -0.39 is 5.91 Å². The molecule has 0 aliphatic carbocycles. The summed E-state index contributed by atoms with van der Waals surface area (Å²) in [6.45, 7) is 0.0777. The van der Waals surface area contributed by atoms with Gasteiger partial charge in [0.1, 0.15) is 11.5 Å². The van der Waals surface area contributed by atoms with E-state index in [1.165, 1.54) is 13.2 Å². The molecule has 0 saturated carbocycles. The number of methoxy groups -OCH3 is 1. The first-order chi connectivity index (χ1) is 15.4. The summed E-state index contributed by atoms with van der Waals surface area (Å²) < 4.78 is 15.6. The van der Waals surface area contributed by atoms with E-state index in [0.29, 0.717) is 32.1 Å². The van der Waals surface area contributed by atoms with Gasteiger partial charge in [-0.3, -0.25) is 9.59 Å². The van der Waals surface area contributed by atoms with Gasteiger partial charge in [0.25, 0.3) is 5.91 Å². The van der Waals surface area contributed by atoms with E-state index in [1.807, 2.05) is 0 Å². The number of aromatic nitrogens is 2. The number of ether oxygens (including phenoxy) is 2. The van der Waals surface area contributed by atoms with Crippen LogP contribution in [-0.4, -0.2) is 48.8 Å². The van der Waals surface area contributed by atoms with Crippen molar-refractivity contribution in [3.63, 3.8) is 0 Å². The molecule has 3 aromatic rings. The highest BCUT2D eigenvalue weighted by Gasteiger charge is 2.18. The van der Waals surface area contributed by atoms with Gasteiger partial charge in [-0.15, -0.1) is 0 Å². The van der Waals surface area contributed by atoms with Crippen LogP contribution in [-0.2, 0) is 4.79 Å². The van der Waals surface area contributed by atoms with E-state index in [4.69, 9.17) is 48.8 Å². The van der Waals surface area contributed by atoms with Crippen LogP contribution in [0.25, 0.3) is 11.4 Å². The molecule has 3 rings (SSSR count). The van der Waals surface area contributed by atoms with Crippen LogP contribution >= 0.6 is 34.8 Å². The Kier molecular flexibility index (Phi) is 8.15. The van der Waals surface area contributed by atoms with Crippen molar-refractivity contribution in [2.45, 2.75) is 0 Å². The lowest BCUT2D eigenvalue weighted by molar-refractivity contribution is -0.123. The van der Waals surface area contributed by atoms with Crippen molar-refractivity contribution in [3.05, 3.63) is 57.4 Å². The number of nitrogens with zero attached hydrogens (tertiary/aromatic N) is 2. The van der Waals surface area contributed by atoms with Gasteiger partial charge < -0.3 is 24.6 Å². The minimum Gasteiger partial charge on any atom is -0.496 e. The molecular weight excluding hydrogens is 483 g/mol. The number of benzene rings is 2. The van der Waals surface area contributed by atoms with Crippen LogP contribution in [0.15, 0.2) is 40.9 Å². The molecule has 0 fully saturated rings. The molecule has 0 bridgehead atoms. The summed E-state index contributed by atoms with van der Waals surface area (Å²) in [5.74, 6) is -0.164. The zero-order valence-electron chi connectivity index (χ0n) is 16.7. The average Bonchev–Trinajstić information content (AvgIpc) is 3.27. The third-order valence-electron chi connectivity index (χ3n) is 4.02. The fraction of sp³-hybridized carbons (Fsp3) is 0.200. The van der Waals surface area contributed by atoms with E-state index in [2.05, 4.69) is 20.8 Å². The topological polar surface area (TPSA) is 116 Å². The Bertz CT molecular complexity index is 1120. The van der Waals surface area contributed by atoms with Gasteiger partial charge in [0.05, 0.1) is 22.7 Å². The fourth-order valence-corrected chi connectivity index (χ4v) is 2.96. The maximum atomic E-state index is 12.2. The summed E-state index contributed by atoms with van der Waals surface area (Å²) in [5, 5.41) is 10.1. The predicted octanol–water partition coefficient (Wildman–Crippen LogP) is 3.63. The number of halogens is 3. The molecule has 32 heavy (non-hydrogen) atoms. The average molecular weight is 500 g/mol. The fourth-order valence-electron chi connectivity index (χ4n) is 2.50. The van der Waals surface area contributed by atoms with Crippen molar-refractivity contribution >= 4 is 46.6 Å². The Labute approximate surface area is 197 Å². The first-order valence-corrected chi connectivity index (χ1v) is 10.3. The van der Waals surface area contributed by atoms with Crippen LogP contribution in [0.1, 0.15) is 10.7 Å². The third kappa shape index (κ3) is 6.25. The van der Waals surface area contributed by atoms with Gasteiger partial charge in [0.15, 0.2) is 6.61 Å². The van der Waals surface area contributed by atoms with E-state index in [-0.39, 0.29) is 37.3 Å². The number of nitrogens with one attached hydrogen (secondary N) is 2. The minimum atomic E-state index is -0.592. The quantitative estimate of drug-likeness (QED) is 0.432. The van der Waals surface area contributed by atoms with Crippen molar-refractivity contribution in [1.82, 2.24) is 20.8 Å². The Morgan fingerprint density at radius 1 is 1.03 bits per heavy atom. The second-order valence-electron chi connectivity index (χ2n) is 6.24. The number of rotatable bonds is 9. The van der Waals surface area contributed by atoms with Crippen molar-refractivity contribution in [1.29, 1.82) is 0 Å². The van der Waals surface area contributed by atoms with Gasteiger partial charge in [-0.25, -0.2) is 0 Å². The highest BCUT2D eigenvalue weighted by molar-refractivity contribution is 6.42. The van der Waals surface area contributed by atoms with Crippen LogP contribution in [0.5, 0.6) is 11.5 Å². The van der Waals surface area contributed by atoms with Crippen molar-refractivity contribution < 1.29 is 23.6 Å². The number of amides is 2. The summed E-state index contributed by atoms with van der Waals surface area (Å²) in [6.07, 6.45) is 0. The summed E-state index contributed by atoms with van der Waals surface area (Å²) in [7, 11) is 1.49.